The first-order valence-corrected chi connectivity index (χ1v) is 18.0. The van der Waals surface area contributed by atoms with Gasteiger partial charge in [-0.05, 0) is 71.8 Å². The Labute approximate surface area is 339 Å². The first kappa shape index (κ1) is 41.8. The van der Waals surface area contributed by atoms with Crippen molar-refractivity contribution >= 4 is 47.0 Å². The van der Waals surface area contributed by atoms with Crippen LogP contribution in [0, 0.1) is 0 Å². The van der Waals surface area contributed by atoms with Crippen LogP contribution in [-0.2, 0) is 42.9 Å². The molecule has 0 aliphatic carbocycles. The molecule has 1 aliphatic heterocycles. The van der Waals surface area contributed by atoms with Gasteiger partial charge in [-0.15, -0.1) is 0 Å². The van der Waals surface area contributed by atoms with Crippen molar-refractivity contribution in [1.29, 1.82) is 0 Å². The predicted molar refractivity (Wildman–Crippen MR) is 208 cm³/mol. The zero-order valence-electron chi connectivity index (χ0n) is 31.6. The average molecular weight is 825 g/mol. The Morgan fingerprint density at radius 3 is 1.75 bits per heavy atom. The second kappa shape index (κ2) is 18.2. The molecule has 5 atom stereocenters. The first-order chi connectivity index (χ1) is 28.6. The molecule has 4 aromatic carbocycles. The summed E-state index contributed by atoms with van der Waals surface area (Å²) in [7, 11) is 0. The number of carbonyl (C=O) groups is 4. The maximum absolute atomic E-state index is 14.3. The van der Waals surface area contributed by atoms with Gasteiger partial charge in [-0.1, -0.05) is 24.3 Å². The fraction of sp³-hybridized carbons (Fsp3) is 0.186. The number of benzene rings is 4. The van der Waals surface area contributed by atoms with E-state index in [1.807, 2.05) is 0 Å². The standard InChI is InChI=1S/C43H36O17/c1-22(44)55-39-33(21-54-34(51)17-7-24-3-11-27(46)12-4-24)58-43(42(41(39)56-23(2)45)59-35(52)18-8-25-5-13-28(47)14-6-25)60-40-37(53)36-31(50)19-30(49)20-32(36)57-38(40)26-9-15-29(48)16-10-26/h3-20,33,39,41-43,46-50H,21H2,1-2H3. The van der Waals surface area contributed by atoms with Crippen LogP contribution in [0.15, 0.2) is 106 Å². The van der Waals surface area contributed by atoms with Crippen LogP contribution in [0.2, 0.25) is 0 Å². The number of carbonyl (C=O) groups excluding carboxylic acids is 4. The number of ether oxygens (including phenoxy) is 6. The monoisotopic (exact) mass is 824 g/mol. The largest absolute Gasteiger partial charge is 0.508 e. The fourth-order valence-electron chi connectivity index (χ4n) is 6.07. The minimum Gasteiger partial charge on any atom is -0.508 e. The number of hydrogen-bond acceptors (Lipinski definition) is 17. The van der Waals surface area contributed by atoms with Crippen molar-refractivity contribution in [2.75, 3.05) is 6.61 Å². The maximum atomic E-state index is 14.3. The first-order valence-electron chi connectivity index (χ1n) is 18.0. The maximum Gasteiger partial charge on any atom is 0.331 e. The van der Waals surface area contributed by atoms with E-state index in [0.717, 1.165) is 38.1 Å². The number of aromatic hydroxyl groups is 5. The van der Waals surface area contributed by atoms with E-state index in [0.29, 0.717) is 11.1 Å². The van der Waals surface area contributed by atoms with Crippen LogP contribution >= 0.6 is 0 Å². The quantitative estimate of drug-likeness (QED) is 0.0641. The molecule has 6 rings (SSSR count). The van der Waals surface area contributed by atoms with Crippen LogP contribution in [0.5, 0.6) is 34.5 Å². The Kier molecular flexibility index (Phi) is 12.7. The molecule has 17 heteroatoms. The van der Waals surface area contributed by atoms with E-state index in [2.05, 4.69) is 0 Å². The van der Waals surface area contributed by atoms with Gasteiger partial charge in [0.25, 0.3) is 0 Å². The highest BCUT2D eigenvalue weighted by Crippen LogP contribution is 2.38. The molecule has 17 nitrogen and oxygen atoms in total. The molecule has 5 aromatic rings. The Morgan fingerprint density at radius 2 is 1.18 bits per heavy atom. The molecule has 1 saturated heterocycles. The molecule has 60 heavy (non-hydrogen) atoms. The van der Waals surface area contributed by atoms with E-state index < -0.39 is 89.3 Å². The van der Waals surface area contributed by atoms with Gasteiger partial charge in [-0.3, -0.25) is 14.4 Å². The number of esters is 4. The molecule has 1 aliphatic rings. The smallest absolute Gasteiger partial charge is 0.331 e. The highest BCUT2D eigenvalue weighted by Gasteiger charge is 2.54. The number of rotatable bonds is 12. The van der Waals surface area contributed by atoms with E-state index in [9.17, 15) is 49.5 Å². The molecule has 1 fully saturated rings. The molecule has 0 bridgehead atoms. The SMILES string of the molecule is CC(=O)OC1C(COC(=O)C=Cc2ccc(O)cc2)OC(Oc2c(-c3ccc(O)cc3)oc3cc(O)cc(O)c3c2=O)C(OC(=O)C=Cc2ccc(O)cc2)C1OC(C)=O. The summed E-state index contributed by atoms with van der Waals surface area (Å²) in [6, 6.07) is 18.8. The molecule has 2 heterocycles. The molecule has 0 spiro atoms. The van der Waals surface area contributed by atoms with Gasteiger partial charge in [0.2, 0.25) is 23.6 Å². The third-order valence-corrected chi connectivity index (χ3v) is 8.73. The lowest BCUT2D eigenvalue weighted by Crippen LogP contribution is -2.63. The van der Waals surface area contributed by atoms with Crippen molar-refractivity contribution in [2.24, 2.45) is 0 Å². The van der Waals surface area contributed by atoms with E-state index in [4.69, 9.17) is 32.8 Å². The second-order valence-corrected chi connectivity index (χ2v) is 13.2. The third kappa shape index (κ3) is 10.2. The zero-order valence-corrected chi connectivity index (χ0v) is 31.6. The van der Waals surface area contributed by atoms with Crippen molar-refractivity contribution in [3.63, 3.8) is 0 Å². The lowest BCUT2D eigenvalue weighted by molar-refractivity contribution is -0.288. The van der Waals surface area contributed by atoms with Gasteiger partial charge in [-0.2, -0.15) is 0 Å². The Morgan fingerprint density at radius 1 is 0.650 bits per heavy atom. The van der Waals surface area contributed by atoms with Gasteiger partial charge in [0.05, 0.1) is 0 Å². The van der Waals surface area contributed by atoms with Crippen LogP contribution in [-0.4, -0.2) is 86.7 Å². The van der Waals surface area contributed by atoms with E-state index in [-0.39, 0.29) is 34.2 Å². The molecular weight excluding hydrogens is 788 g/mol. The molecule has 0 amide bonds. The van der Waals surface area contributed by atoms with Gasteiger partial charge < -0.3 is 58.4 Å². The molecule has 1 aromatic heterocycles. The summed E-state index contributed by atoms with van der Waals surface area (Å²) in [5, 5.41) is 49.7. The van der Waals surface area contributed by atoms with Crippen LogP contribution in [0.25, 0.3) is 34.4 Å². The highest BCUT2D eigenvalue weighted by molar-refractivity contribution is 5.89. The predicted octanol–water partition coefficient (Wildman–Crippen LogP) is 4.84. The van der Waals surface area contributed by atoms with Gasteiger partial charge in [0.15, 0.2) is 18.0 Å². The van der Waals surface area contributed by atoms with Crippen molar-refractivity contribution in [1.82, 2.24) is 0 Å². The van der Waals surface area contributed by atoms with Gasteiger partial charge in [-0.25, -0.2) is 9.59 Å². The summed E-state index contributed by atoms with van der Waals surface area (Å²) in [5.74, 6) is -6.18. The van der Waals surface area contributed by atoms with E-state index >= 15 is 0 Å². The molecule has 0 radical (unpaired) electrons. The minimum absolute atomic E-state index is 0.00453. The van der Waals surface area contributed by atoms with Gasteiger partial charge in [0.1, 0.15) is 52.4 Å². The van der Waals surface area contributed by atoms with Gasteiger partial charge in [0, 0.05) is 43.7 Å². The van der Waals surface area contributed by atoms with Crippen molar-refractivity contribution < 1.29 is 77.5 Å². The second-order valence-electron chi connectivity index (χ2n) is 13.2. The van der Waals surface area contributed by atoms with Crippen molar-refractivity contribution in [2.45, 2.75) is 44.6 Å². The Balaban J connectivity index is 1.44. The fourth-order valence-corrected chi connectivity index (χ4v) is 6.07. The summed E-state index contributed by atoms with van der Waals surface area (Å²) in [6.45, 7) is 1.35. The topological polar surface area (TPSA) is 255 Å². The summed E-state index contributed by atoms with van der Waals surface area (Å²) in [4.78, 5) is 65.8. The van der Waals surface area contributed by atoms with Crippen LogP contribution in [0.3, 0.4) is 0 Å². The number of phenols is 5. The molecular formula is C43H36O17. The lowest BCUT2D eigenvalue weighted by atomic mass is 9.98. The molecule has 0 saturated carbocycles. The normalized spacial score (nSPS) is 18.9. The molecule has 310 valence electrons. The Bertz CT molecular complexity index is 2500. The average Bonchev–Trinajstić information content (AvgIpc) is 3.19. The number of hydrogen-bond donors (Lipinski definition) is 5. The zero-order chi connectivity index (χ0) is 43.1. The number of fused-ring (bicyclic) bond motifs is 1. The highest BCUT2D eigenvalue weighted by atomic mass is 16.7. The van der Waals surface area contributed by atoms with Crippen LogP contribution in [0.4, 0.5) is 0 Å². The summed E-state index contributed by atoms with van der Waals surface area (Å²) >= 11 is 0. The summed E-state index contributed by atoms with van der Waals surface area (Å²) in [5.41, 5.74) is -0.176. The van der Waals surface area contributed by atoms with Crippen molar-refractivity contribution in [3.8, 4) is 45.8 Å². The van der Waals surface area contributed by atoms with Gasteiger partial charge >= 0.3 is 23.9 Å². The number of phenolic OH excluding ortho intramolecular Hbond substituents is 5. The minimum atomic E-state index is -1.97. The van der Waals surface area contributed by atoms with E-state index in [1.165, 1.54) is 84.9 Å². The Hall–Kier alpha value is -7.79. The summed E-state index contributed by atoms with van der Waals surface area (Å²) in [6.07, 6.45) is -4.02. The lowest BCUT2D eigenvalue weighted by Gasteiger charge is -2.43. The van der Waals surface area contributed by atoms with Crippen molar-refractivity contribution in [3.05, 3.63) is 118 Å². The molecule has 5 unspecified atom stereocenters. The third-order valence-electron chi connectivity index (χ3n) is 8.73. The van der Waals surface area contributed by atoms with Crippen LogP contribution < -0.4 is 10.2 Å². The summed E-state index contributed by atoms with van der Waals surface area (Å²) < 4.78 is 40.7. The van der Waals surface area contributed by atoms with E-state index in [1.54, 1.807) is 0 Å². The van der Waals surface area contributed by atoms with Crippen LogP contribution in [0.1, 0.15) is 25.0 Å². The molecule has 5 N–H and O–H groups in total.